The van der Waals surface area contributed by atoms with E-state index in [2.05, 4.69) is 4.72 Å². The first-order valence-electron chi connectivity index (χ1n) is 6.95. The first kappa shape index (κ1) is 17.7. The standard InChI is InChI=1S/C14H24N2O4S/c1-6-14(4,5)9-15-21(19,20)11-7-12(13(17)18)16(8-11)10(2)3/h7-8,10,15H,6,9H2,1-5H3,(H,17,18). The molecule has 21 heavy (non-hydrogen) atoms. The number of hydrogen-bond acceptors (Lipinski definition) is 3. The number of aromatic nitrogens is 1. The summed E-state index contributed by atoms with van der Waals surface area (Å²) in [4.78, 5) is 11.2. The van der Waals surface area contributed by atoms with Crippen molar-refractivity contribution in [1.82, 2.24) is 9.29 Å². The lowest BCUT2D eigenvalue weighted by Crippen LogP contribution is -2.33. The average molecular weight is 316 g/mol. The summed E-state index contributed by atoms with van der Waals surface area (Å²) in [7, 11) is -3.71. The van der Waals surface area contributed by atoms with Gasteiger partial charge in [-0.25, -0.2) is 17.9 Å². The Bertz CT molecular complexity index is 615. The normalized spacial score (nSPS) is 12.9. The smallest absolute Gasteiger partial charge is 0.352 e. The predicted molar refractivity (Wildman–Crippen MR) is 81.0 cm³/mol. The van der Waals surface area contributed by atoms with E-state index in [0.717, 1.165) is 6.42 Å². The lowest BCUT2D eigenvalue weighted by molar-refractivity contribution is 0.0683. The monoisotopic (exact) mass is 316 g/mol. The van der Waals surface area contributed by atoms with Gasteiger partial charge in [-0.15, -0.1) is 0 Å². The topological polar surface area (TPSA) is 88.4 Å². The molecule has 0 amide bonds. The molecule has 0 atom stereocenters. The number of carboxylic acids is 1. The third kappa shape index (κ3) is 4.31. The van der Waals surface area contributed by atoms with Crippen molar-refractivity contribution < 1.29 is 18.3 Å². The summed E-state index contributed by atoms with van der Waals surface area (Å²) in [5.41, 5.74) is -0.177. The van der Waals surface area contributed by atoms with Crippen molar-refractivity contribution in [3.8, 4) is 0 Å². The van der Waals surface area contributed by atoms with Crippen molar-refractivity contribution in [2.75, 3.05) is 6.54 Å². The highest BCUT2D eigenvalue weighted by Gasteiger charge is 2.24. The van der Waals surface area contributed by atoms with Crippen LogP contribution in [0.3, 0.4) is 0 Å². The maximum atomic E-state index is 12.3. The summed E-state index contributed by atoms with van der Waals surface area (Å²) < 4.78 is 28.6. The number of aromatic carboxylic acids is 1. The second kappa shape index (κ2) is 6.19. The highest BCUT2D eigenvalue weighted by molar-refractivity contribution is 7.89. The van der Waals surface area contributed by atoms with Crippen LogP contribution in [0.1, 0.15) is 57.6 Å². The van der Waals surface area contributed by atoms with E-state index in [-0.39, 0.29) is 22.0 Å². The van der Waals surface area contributed by atoms with Gasteiger partial charge in [-0.1, -0.05) is 20.8 Å². The molecule has 0 fully saturated rings. The van der Waals surface area contributed by atoms with Crippen LogP contribution in [0.5, 0.6) is 0 Å². The summed E-state index contributed by atoms with van der Waals surface area (Å²) in [6.45, 7) is 9.84. The molecule has 1 rings (SSSR count). The van der Waals surface area contributed by atoms with Crippen LogP contribution < -0.4 is 4.72 Å². The molecular formula is C14H24N2O4S. The third-order valence-electron chi connectivity index (χ3n) is 3.61. The molecule has 1 heterocycles. The molecule has 0 saturated heterocycles. The van der Waals surface area contributed by atoms with Gasteiger partial charge < -0.3 is 9.67 Å². The van der Waals surface area contributed by atoms with Crippen LogP contribution in [0, 0.1) is 5.41 Å². The first-order chi connectivity index (χ1) is 9.50. The zero-order valence-corrected chi connectivity index (χ0v) is 14.0. The highest BCUT2D eigenvalue weighted by atomic mass is 32.2. The zero-order chi connectivity index (χ0) is 16.4. The van der Waals surface area contributed by atoms with Gasteiger partial charge in [0.2, 0.25) is 10.0 Å². The fraction of sp³-hybridized carbons (Fsp3) is 0.643. The van der Waals surface area contributed by atoms with Crippen molar-refractivity contribution in [1.29, 1.82) is 0 Å². The second-order valence-corrected chi connectivity index (χ2v) is 7.98. The van der Waals surface area contributed by atoms with Gasteiger partial charge in [0.05, 0.1) is 0 Å². The average Bonchev–Trinajstić information content (AvgIpc) is 2.83. The van der Waals surface area contributed by atoms with E-state index in [1.165, 1.54) is 16.8 Å². The Morgan fingerprint density at radius 2 is 2.00 bits per heavy atom. The van der Waals surface area contributed by atoms with Crippen molar-refractivity contribution >= 4 is 16.0 Å². The lowest BCUT2D eigenvalue weighted by Gasteiger charge is -2.22. The molecule has 0 aromatic carbocycles. The number of carboxylic acid groups (broad SMARTS) is 1. The van der Waals surface area contributed by atoms with Gasteiger partial charge in [-0.2, -0.15) is 0 Å². The molecule has 2 N–H and O–H groups in total. The molecule has 1 aromatic rings. The van der Waals surface area contributed by atoms with Crippen molar-refractivity contribution in [2.45, 2.75) is 52.0 Å². The molecule has 0 spiro atoms. The van der Waals surface area contributed by atoms with Crippen LogP contribution in [0.15, 0.2) is 17.2 Å². The van der Waals surface area contributed by atoms with Gasteiger partial charge in [0, 0.05) is 18.8 Å². The maximum absolute atomic E-state index is 12.3. The number of sulfonamides is 1. The number of hydrogen-bond donors (Lipinski definition) is 2. The summed E-state index contributed by atoms with van der Waals surface area (Å²) in [6.07, 6.45) is 2.21. The molecule has 120 valence electrons. The summed E-state index contributed by atoms with van der Waals surface area (Å²) >= 11 is 0. The molecule has 0 aliphatic heterocycles. The van der Waals surface area contributed by atoms with Gasteiger partial charge in [0.15, 0.2) is 0 Å². The molecule has 0 bridgehead atoms. The minimum absolute atomic E-state index is 0.0134. The first-order valence-corrected chi connectivity index (χ1v) is 8.43. The minimum Gasteiger partial charge on any atom is -0.477 e. The van der Waals surface area contributed by atoms with E-state index in [1.807, 2.05) is 20.8 Å². The van der Waals surface area contributed by atoms with Gasteiger partial charge in [-0.3, -0.25) is 0 Å². The molecule has 0 unspecified atom stereocenters. The molecular weight excluding hydrogens is 292 g/mol. The minimum atomic E-state index is -3.71. The predicted octanol–water partition coefficient (Wildman–Crippen LogP) is 2.48. The van der Waals surface area contributed by atoms with Crippen LogP contribution in [0.2, 0.25) is 0 Å². The van der Waals surface area contributed by atoms with E-state index in [9.17, 15) is 13.2 Å². The fourth-order valence-electron chi connectivity index (χ4n) is 1.70. The summed E-state index contributed by atoms with van der Waals surface area (Å²) in [6, 6.07) is 1.07. The summed E-state index contributed by atoms with van der Waals surface area (Å²) in [5.74, 6) is -1.14. The molecule has 0 aliphatic rings. The van der Waals surface area contributed by atoms with Crippen LogP contribution in [0.25, 0.3) is 0 Å². The van der Waals surface area contributed by atoms with E-state index in [4.69, 9.17) is 5.11 Å². The quantitative estimate of drug-likeness (QED) is 0.809. The Morgan fingerprint density at radius 3 is 2.38 bits per heavy atom. The van der Waals surface area contributed by atoms with Gasteiger partial charge >= 0.3 is 5.97 Å². The van der Waals surface area contributed by atoms with Crippen LogP contribution >= 0.6 is 0 Å². The Kier molecular flexibility index (Phi) is 5.22. The van der Waals surface area contributed by atoms with Crippen LogP contribution in [0.4, 0.5) is 0 Å². The molecule has 6 nitrogen and oxygen atoms in total. The van der Waals surface area contributed by atoms with E-state index < -0.39 is 16.0 Å². The molecule has 7 heteroatoms. The lowest BCUT2D eigenvalue weighted by atomic mass is 9.91. The number of nitrogens with zero attached hydrogens (tertiary/aromatic N) is 1. The van der Waals surface area contributed by atoms with Crippen LogP contribution in [-0.4, -0.2) is 30.6 Å². The second-order valence-electron chi connectivity index (χ2n) is 6.21. The Balaban J connectivity index is 3.10. The van der Waals surface area contributed by atoms with Crippen LogP contribution in [-0.2, 0) is 10.0 Å². The number of nitrogens with one attached hydrogen (secondary N) is 1. The zero-order valence-electron chi connectivity index (χ0n) is 13.2. The maximum Gasteiger partial charge on any atom is 0.352 e. The summed E-state index contributed by atoms with van der Waals surface area (Å²) in [5, 5.41) is 9.15. The Morgan fingerprint density at radius 1 is 1.43 bits per heavy atom. The molecule has 0 aliphatic carbocycles. The van der Waals surface area contributed by atoms with E-state index >= 15 is 0 Å². The largest absolute Gasteiger partial charge is 0.477 e. The molecule has 0 saturated carbocycles. The van der Waals surface area contributed by atoms with E-state index in [0.29, 0.717) is 6.54 Å². The fourth-order valence-corrected chi connectivity index (χ4v) is 2.96. The van der Waals surface area contributed by atoms with Gasteiger partial charge in [0.1, 0.15) is 10.6 Å². The van der Waals surface area contributed by atoms with Gasteiger partial charge in [-0.05, 0) is 31.7 Å². The molecule has 1 aromatic heterocycles. The van der Waals surface area contributed by atoms with Gasteiger partial charge in [0.25, 0.3) is 0 Å². The Hall–Kier alpha value is -1.34. The number of rotatable bonds is 7. The van der Waals surface area contributed by atoms with E-state index in [1.54, 1.807) is 13.8 Å². The Labute approximate surface area is 126 Å². The number of carbonyl (C=O) groups is 1. The van der Waals surface area contributed by atoms with Crippen molar-refractivity contribution in [2.24, 2.45) is 5.41 Å². The molecule has 0 radical (unpaired) electrons. The highest BCUT2D eigenvalue weighted by Crippen LogP contribution is 2.22. The SMILES string of the molecule is CCC(C)(C)CNS(=O)(=O)c1cc(C(=O)O)n(C(C)C)c1. The van der Waals surface area contributed by atoms with Crippen molar-refractivity contribution in [3.05, 3.63) is 18.0 Å². The third-order valence-corrected chi connectivity index (χ3v) is 4.98. The van der Waals surface area contributed by atoms with Crippen molar-refractivity contribution in [3.63, 3.8) is 0 Å².